The number of hydrogen-bond donors (Lipinski definition) is 2. The predicted octanol–water partition coefficient (Wildman–Crippen LogP) is 0.842. The van der Waals surface area contributed by atoms with Gasteiger partial charge in [-0.1, -0.05) is 23.1 Å². The Kier molecular flexibility index (Phi) is 4.96. The smallest absolute Gasteiger partial charge is 0.241 e. The van der Waals surface area contributed by atoms with Gasteiger partial charge in [0.25, 0.3) is 0 Å². The van der Waals surface area contributed by atoms with Crippen molar-refractivity contribution in [2.45, 2.75) is 24.7 Å². The normalized spacial score (nSPS) is 10.7. The van der Waals surface area contributed by atoms with Crippen LogP contribution in [0.1, 0.15) is 10.7 Å². The van der Waals surface area contributed by atoms with E-state index in [1.54, 1.807) is 29.2 Å². The highest BCUT2D eigenvalue weighted by atomic mass is 32.2. The van der Waals surface area contributed by atoms with Gasteiger partial charge in [0.15, 0.2) is 4.34 Å². The average molecular weight is 312 g/mol. The van der Waals surface area contributed by atoms with E-state index >= 15 is 0 Å². The van der Waals surface area contributed by atoms with Crippen molar-refractivity contribution in [2.75, 3.05) is 18.0 Å². The Morgan fingerprint density at radius 3 is 2.90 bits per heavy atom. The Hall–Kier alpha value is -1.61. The number of nitrogen functional groups attached to an aromatic ring is 1. The standard InChI is InChI=1S/C11H16N6OS2/c1-7-5-9(12)17(16-7)6-10(18)13-3-4-19-11-15-14-8(2)20-11/h5H,3-4,6,12H2,1-2H3,(H,13,18). The first-order valence-electron chi connectivity index (χ1n) is 6.04. The van der Waals surface area contributed by atoms with E-state index in [9.17, 15) is 4.79 Å². The summed E-state index contributed by atoms with van der Waals surface area (Å²) < 4.78 is 2.41. The number of hydrogen-bond acceptors (Lipinski definition) is 7. The molecule has 0 saturated carbocycles. The Balaban J connectivity index is 1.69. The fourth-order valence-corrected chi connectivity index (χ4v) is 3.29. The minimum absolute atomic E-state index is 0.103. The van der Waals surface area contributed by atoms with Crippen LogP contribution in [0.2, 0.25) is 0 Å². The lowest BCUT2D eigenvalue weighted by Crippen LogP contribution is -2.30. The Morgan fingerprint density at radius 2 is 2.30 bits per heavy atom. The third-order valence-corrected chi connectivity index (χ3v) is 4.36. The number of thioether (sulfide) groups is 1. The quantitative estimate of drug-likeness (QED) is 0.606. The molecule has 3 N–H and O–H groups in total. The van der Waals surface area contributed by atoms with Crippen molar-refractivity contribution in [1.82, 2.24) is 25.3 Å². The van der Waals surface area contributed by atoms with Crippen LogP contribution in [0.3, 0.4) is 0 Å². The molecular weight excluding hydrogens is 296 g/mol. The molecule has 0 radical (unpaired) electrons. The van der Waals surface area contributed by atoms with E-state index in [-0.39, 0.29) is 12.5 Å². The monoisotopic (exact) mass is 312 g/mol. The van der Waals surface area contributed by atoms with Gasteiger partial charge in [-0.05, 0) is 13.8 Å². The lowest BCUT2D eigenvalue weighted by atomic mass is 10.5. The van der Waals surface area contributed by atoms with Gasteiger partial charge in [-0.25, -0.2) is 4.68 Å². The van der Waals surface area contributed by atoms with Gasteiger partial charge in [-0.2, -0.15) is 5.10 Å². The SMILES string of the molecule is Cc1cc(N)n(CC(=O)NCCSc2nnc(C)s2)n1. The Bertz CT molecular complexity index is 594. The van der Waals surface area contributed by atoms with E-state index < -0.39 is 0 Å². The molecule has 0 aliphatic rings. The topological polar surface area (TPSA) is 98.7 Å². The number of amides is 1. The summed E-state index contributed by atoms with van der Waals surface area (Å²) >= 11 is 3.13. The van der Waals surface area contributed by atoms with Crippen molar-refractivity contribution in [3.63, 3.8) is 0 Å². The van der Waals surface area contributed by atoms with Crippen molar-refractivity contribution in [1.29, 1.82) is 0 Å². The van der Waals surface area contributed by atoms with Crippen LogP contribution in [0, 0.1) is 13.8 Å². The first-order chi connectivity index (χ1) is 9.54. The van der Waals surface area contributed by atoms with Crippen LogP contribution >= 0.6 is 23.1 Å². The van der Waals surface area contributed by atoms with Gasteiger partial charge in [0.2, 0.25) is 5.91 Å². The molecule has 0 spiro atoms. The molecule has 1 amide bonds. The number of carbonyl (C=O) groups excluding carboxylic acids is 1. The molecule has 20 heavy (non-hydrogen) atoms. The molecule has 0 aromatic carbocycles. The zero-order chi connectivity index (χ0) is 14.5. The number of aryl methyl sites for hydroxylation is 2. The van der Waals surface area contributed by atoms with Crippen molar-refractivity contribution in [3.8, 4) is 0 Å². The van der Waals surface area contributed by atoms with Crippen molar-refractivity contribution in [2.24, 2.45) is 0 Å². The zero-order valence-electron chi connectivity index (χ0n) is 11.3. The lowest BCUT2D eigenvalue weighted by molar-refractivity contribution is -0.121. The summed E-state index contributed by atoms with van der Waals surface area (Å²) in [5, 5.41) is 15.8. The van der Waals surface area contributed by atoms with Gasteiger partial charge in [0.1, 0.15) is 17.4 Å². The largest absolute Gasteiger partial charge is 0.384 e. The Labute approximate surface area is 125 Å². The predicted molar refractivity (Wildman–Crippen MR) is 79.8 cm³/mol. The van der Waals surface area contributed by atoms with Crippen LogP contribution in [0.25, 0.3) is 0 Å². The van der Waals surface area contributed by atoms with Crippen molar-refractivity contribution < 1.29 is 4.79 Å². The molecule has 0 fully saturated rings. The van der Waals surface area contributed by atoms with Crippen LogP contribution in [0.5, 0.6) is 0 Å². The minimum Gasteiger partial charge on any atom is -0.384 e. The number of carbonyl (C=O) groups is 1. The molecule has 0 atom stereocenters. The van der Waals surface area contributed by atoms with Gasteiger partial charge in [-0.15, -0.1) is 10.2 Å². The van der Waals surface area contributed by atoms with Gasteiger partial charge >= 0.3 is 0 Å². The van der Waals surface area contributed by atoms with Gasteiger partial charge < -0.3 is 11.1 Å². The molecule has 0 saturated heterocycles. The van der Waals surface area contributed by atoms with Crippen LogP contribution < -0.4 is 11.1 Å². The second-order valence-electron chi connectivity index (χ2n) is 4.15. The van der Waals surface area contributed by atoms with Gasteiger partial charge in [0.05, 0.1) is 5.69 Å². The van der Waals surface area contributed by atoms with Crippen LogP contribution in [-0.4, -0.2) is 38.2 Å². The van der Waals surface area contributed by atoms with E-state index in [0.29, 0.717) is 12.4 Å². The fraction of sp³-hybridized carbons (Fsp3) is 0.455. The summed E-state index contributed by atoms with van der Waals surface area (Å²) in [5.74, 6) is 1.15. The molecule has 9 heteroatoms. The highest BCUT2D eigenvalue weighted by Gasteiger charge is 2.07. The number of anilines is 1. The van der Waals surface area contributed by atoms with Crippen LogP contribution in [0.15, 0.2) is 10.4 Å². The van der Waals surface area contributed by atoms with Crippen molar-refractivity contribution >= 4 is 34.8 Å². The van der Waals surface area contributed by atoms with E-state index in [4.69, 9.17) is 5.73 Å². The van der Waals surface area contributed by atoms with Crippen LogP contribution in [-0.2, 0) is 11.3 Å². The molecule has 2 rings (SSSR count). The third kappa shape index (κ3) is 4.20. The molecule has 0 unspecified atom stereocenters. The highest BCUT2D eigenvalue weighted by molar-refractivity contribution is 8.01. The first-order valence-corrected chi connectivity index (χ1v) is 7.84. The second kappa shape index (κ2) is 6.71. The van der Waals surface area contributed by atoms with E-state index in [0.717, 1.165) is 20.8 Å². The first kappa shape index (κ1) is 14.8. The highest BCUT2D eigenvalue weighted by Crippen LogP contribution is 2.20. The third-order valence-electron chi connectivity index (χ3n) is 2.38. The number of nitrogens with one attached hydrogen (secondary N) is 1. The van der Waals surface area contributed by atoms with Gasteiger partial charge in [-0.3, -0.25) is 4.79 Å². The summed E-state index contributed by atoms with van der Waals surface area (Å²) in [4.78, 5) is 11.7. The number of aromatic nitrogens is 4. The zero-order valence-corrected chi connectivity index (χ0v) is 12.9. The molecule has 7 nitrogen and oxygen atoms in total. The number of rotatable bonds is 6. The van der Waals surface area contributed by atoms with Crippen molar-refractivity contribution in [3.05, 3.63) is 16.8 Å². The lowest BCUT2D eigenvalue weighted by Gasteiger charge is -2.05. The number of nitrogens with zero attached hydrogens (tertiary/aromatic N) is 4. The summed E-state index contributed by atoms with van der Waals surface area (Å²) in [6.45, 7) is 4.47. The van der Waals surface area contributed by atoms with E-state index in [2.05, 4.69) is 20.6 Å². The molecule has 0 bridgehead atoms. The minimum atomic E-state index is -0.103. The summed E-state index contributed by atoms with van der Waals surface area (Å²) in [5.41, 5.74) is 6.53. The Morgan fingerprint density at radius 1 is 1.50 bits per heavy atom. The summed E-state index contributed by atoms with van der Waals surface area (Å²) in [6, 6.07) is 1.74. The summed E-state index contributed by atoms with van der Waals surface area (Å²) in [7, 11) is 0. The fourth-order valence-electron chi connectivity index (χ4n) is 1.55. The summed E-state index contributed by atoms with van der Waals surface area (Å²) in [6.07, 6.45) is 0. The molecule has 2 heterocycles. The maximum absolute atomic E-state index is 11.7. The average Bonchev–Trinajstić information content (AvgIpc) is 2.92. The molecule has 0 aliphatic heterocycles. The molecular formula is C11H16N6OS2. The maximum Gasteiger partial charge on any atom is 0.241 e. The molecule has 2 aromatic rings. The molecule has 0 aliphatic carbocycles. The van der Waals surface area contributed by atoms with E-state index in [1.165, 1.54) is 4.68 Å². The van der Waals surface area contributed by atoms with Crippen LogP contribution in [0.4, 0.5) is 5.82 Å². The van der Waals surface area contributed by atoms with E-state index in [1.807, 2.05) is 13.8 Å². The van der Waals surface area contributed by atoms with Gasteiger partial charge in [0, 0.05) is 18.4 Å². The maximum atomic E-state index is 11.7. The number of nitrogens with two attached hydrogens (primary N) is 1. The second-order valence-corrected chi connectivity index (χ2v) is 6.68. The molecule has 2 aromatic heterocycles. The molecule has 108 valence electrons.